The Morgan fingerprint density at radius 1 is 1.56 bits per heavy atom. The molecular weight excluding hydrogens is 248 g/mol. The lowest BCUT2D eigenvalue weighted by molar-refractivity contribution is 0.0576. The Morgan fingerprint density at radius 2 is 2.39 bits per heavy atom. The maximum absolute atomic E-state index is 9.14. The summed E-state index contributed by atoms with van der Waals surface area (Å²) in [5.74, 6) is 0.547. The van der Waals surface area contributed by atoms with E-state index >= 15 is 0 Å². The standard InChI is InChI=1S/C14H17ClN2O/c1-17(9-11-3-2-6-18-10-11)14-5-4-13(15)7-12(14)8-16/h4-5,7,11H,2-3,6,9-10H2,1H3. The number of halogens is 1. The van der Waals surface area contributed by atoms with Gasteiger partial charge in [-0.05, 0) is 37.0 Å². The molecule has 1 saturated heterocycles. The fourth-order valence-electron chi connectivity index (χ4n) is 2.37. The van der Waals surface area contributed by atoms with Crippen molar-refractivity contribution in [1.29, 1.82) is 5.26 Å². The van der Waals surface area contributed by atoms with E-state index in [1.807, 2.05) is 19.2 Å². The van der Waals surface area contributed by atoms with Crippen molar-refractivity contribution in [3.05, 3.63) is 28.8 Å². The second-order valence-corrected chi connectivity index (χ2v) is 5.17. The van der Waals surface area contributed by atoms with Gasteiger partial charge >= 0.3 is 0 Å². The number of anilines is 1. The highest BCUT2D eigenvalue weighted by molar-refractivity contribution is 6.30. The van der Waals surface area contributed by atoms with Crippen LogP contribution in [0, 0.1) is 17.2 Å². The molecule has 18 heavy (non-hydrogen) atoms. The molecule has 0 amide bonds. The van der Waals surface area contributed by atoms with E-state index in [1.165, 1.54) is 6.42 Å². The molecule has 2 rings (SSSR count). The van der Waals surface area contributed by atoms with Crippen molar-refractivity contribution in [2.45, 2.75) is 12.8 Å². The first-order valence-electron chi connectivity index (χ1n) is 6.19. The van der Waals surface area contributed by atoms with Crippen LogP contribution in [0.3, 0.4) is 0 Å². The minimum absolute atomic E-state index is 0.547. The average molecular weight is 265 g/mol. The molecular formula is C14H17ClN2O. The zero-order chi connectivity index (χ0) is 13.0. The first-order valence-corrected chi connectivity index (χ1v) is 6.57. The predicted octanol–water partition coefficient (Wildman–Crippen LogP) is 3.07. The van der Waals surface area contributed by atoms with Gasteiger partial charge in [0.2, 0.25) is 0 Å². The van der Waals surface area contributed by atoms with Crippen LogP contribution in [-0.4, -0.2) is 26.8 Å². The van der Waals surface area contributed by atoms with Gasteiger partial charge in [-0.3, -0.25) is 0 Å². The number of hydrogen-bond acceptors (Lipinski definition) is 3. The molecule has 4 heteroatoms. The lowest BCUT2D eigenvalue weighted by atomic mass is 10.0. The van der Waals surface area contributed by atoms with Crippen LogP contribution in [0.1, 0.15) is 18.4 Å². The molecule has 0 radical (unpaired) electrons. The molecule has 0 N–H and O–H groups in total. The maximum Gasteiger partial charge on any atom is 0.101 e. The molecule has 0 bridgehead atoms. The van der Waals surface area contributed by atoms with Crippen molar-refractivity contribution in [1.82, 2.24) is 0 Å². The van der Waals surface area contributed by atoms with Gasteiger partial charge in [-0.1, -0.05) is 11.6 Å². The molecule has 1 atom stereocenters. The zero-order valence-electron chi connectivity index (χ0n) is 10.5. The van der Waals surface area contributed by atoms with E-state index in [-0.39, 0.29) is 0 Å². The van der Waals surface area contributed by atoms with Crippen molar-refractivity contribution in [3.63, 3.8) is 0 Å². The summed E-state index contributed by atoms with van der Waals surface area (Å²) in [5.41, 5.74) is 1.56. The van der Waals surface area contributed by atoms with Crippen LogP contribution in [0.25, 0.3) is 0 Å². The van der Waals surface area contributed by atoms with Gasteiger partial charge in [0.25, 0.3) is 0 Å². The number of rotatable bonds is 3. The summed E-state index contributed by atoms with van der Waals surface area (Å²) in [4.78, 5) is 2.12. The Bertz CT molecular complexity index is 450. The van der Waals surface area contributed by atoms with Crippen LogP contribution >= 0.6 is 11.6 Å². The van der Waals surface area contributed by atoms with Gasteiger partial charge in [-0.2, -0.15) is 5.26 Å². The first kappa shape index (κ1) is 13.2. The third-order valence-corrected chi connectivity index (χ3v) is 3.51. The molecule has 0 aromatic heterocycles. The summed E-state index contributed by atoms with van der Waals surface area (Å²) in [7, 11) is 2.01. The van der Waals surface area contributed by atoms with Crippen LogP contribution in [0.5, 0.6) is 0 Å². The fourth-order valence-corrected chi connectivity index (χ4v) is 2.54. The lowest BCUT2D eigenvalue weighted by Gasteiger charge is -2.28. The van der Waals surface area contributed by atoms with Crippen LogP contribution in [0.15, 0.2) is 18.2 Å². The summed E-state index contributed by atoms with van der Waals surface area (Å²) >= 11 is 5.90. The normalized spacial score (nSPS) is 19.3. The summed E-state index contributed by atoms with van der Waals surface area (Å²) < 4.78 is 5.48. The van der Waals surface area contributed by atoms with Crippen LogP contribution in [0.2, 0.25) is 5.02 Å². The SMILES string of the molecule is CN(CC1CCCOC1)c1ccc(Cl)cc1C#N. The summed E-state index contributed by atoms with van der Waals surface area (Å²) in [6.07, 6.45) is 2.32. The van der Waals surface area contributed by atoms with E-state index in [1.54, 1.807) is 6.07 Å². The highest BCUT2D eigenvalue weighted by Crippen LogP contribution is 2.25. The molecule has 1 aliphatic rings. The molecule has 1 unspecified atom stereocenters. The van der Waals surface area contributed by atoms with E-state index < -0.39 is 0 Å². The maximum atomic E-state index is 9.14. The second-order valence-electron chi connectivity index (χ2n) is 4.74. The zero-order valence-corrected chi connectivity index (χ0v) is 11.3. The van der Waals surface area contributed by atoms with Crippen LogP contribution < -0.4 is 4.90 Å². The first-order chi connectivity index (χ1) is 8.70. The highest BCUT2D eigenvalue weighted by atomic mass is 35.5. The molecule has 0 spiro atoms. The van der Waals surface area contributed by atoms with Crippen LogP contribution in [0.4, 0.5) is 5.69 Å². The van der Waals surface area contributed by atoms with Gasteiger partial charge in [-0.25, -0.2) is 0 Å². The predicted molar refractivity (Wildman–Crippen MR) is 73.0 cm³/mol. The van der Waals surface area contributed by atoms with Crippen LogP contribution in [-0.2, 0) is 4.74 Å². The minimum Gasteiger partial charge on any atom is -0.381 e. The second kappa shape index (κ2) is 6.08. The van der Waals surface area contributed by atoms with E-state index in [2.05, 4.69) is 11.0 Å². The summed E-state index contributed by atoms with van der Waals surface area (Å²) in [6.45, 7) is 2.61. The van der Waals surface area contributed by atoms with Crippen molar-refractivity contribution in [2.24, 2.45) is 5.92 Å². The number of ether oxygens (including phenoxy) is 1. The largest absolute Gasteiger partial charge is 0.381 e. The Hall–Kier alpha value is -1.24. The van der Waals surface area contributed by atoms with Crippen molar-refractivity contribution < 1.29 is 4.74 Å². The molecule has 1 aromatic carbocycles. The fraction of sp³-hybridized carbons (Fsp3) is 0.500. The van der Waals surface area contributed by atoms with Gasteiger partial charge in [0, 0.05) is 25.2 Å². The molecule has 96 valence electrons. The Morgan fingerprint density at radius 3 is 3.06 bits per heavy atom. The van der Waals surface area contributed by atoms with Crippen molar-refractivity contribution in [3.8, 4) is 6.07 Å². The topological polar surface area (TPSA) is 36.3 Å². The lowest BCUT2D eigenvalue weighted by Crippen LogP contribution is -2.31. The Kier molecular flexibility index (Phi) is 4.46. The van der Waals surface area contributed by atoms with E-state index in [4.69, 9.17) is 21.6 Å². The number of nitriles is 1. The number of benzene rings is 1. The van der Waals surface area contributed by atoms with E-state index in [0.717, 1.165) is 31.9 Å². The number of nitrogens with zero attached hydrogens (tertiary/aromatic N) is 2. The molecule has 3 nitrogen and oxygen atoms in total. The van der Waals surface area contributed by atoms with Gasteiger partial charge in [-0.15, -0.1) is 0 Å². The smallest absolute Gasteiger partial charge is 0.101 e. The minimum atomic E-state index is 0.547. The van der Waals surface area contributed by atoms with Gasteiger partial charge in [0.1, 0.15) is 6.07 Å². The third kappa shape index (κ3) is 3.16. The van der Waals surface area contributed by atoms with Gasteiger partial charge in [0.15, 0.2) is 0 Å². The highest BCUT2D eigenvalue weighted by Gasteiger charge is 2.17. The average Bonchev–Trinajstić information content (AvgIpc) is 2.39. The van der Waals surface area contributed by atoms with E-state index in [0.29, 0.717) is 16.5 Å². The third-order valence-electron chi connectivity index (χ3n) is 3.28. The van der Waals surface area contributed by atoms with E-state index in [9.17, 15) is 0 Å². The molecule has 1 heterocycles. The molecule has 1 fully saturated rings. The number of hydrogen-bond donors (Lipinski definition) is 0. The van der Waals surface area contributed by atoms with Gasteiger partial charge in [0.05, 0.1) is 17.9 Å². The van der Waals surface area contributed by atoms with Crippen molar-refractivity contribution in [2.75, 3.05) is 31.7 Å². The Balaban J connectivity index is 2.08. The summed E-state index contributed by atoms with van der Waals surface area (Å²) in [5, 5.41) is 9.74. The molecule has 1 aliphatic heterocycles. The molecule has 1 aromatic rings. The monoisotopic (exact) mass is 264 g/mol. The molecule has 0 saturated carbocycles. The van der Waals surface area contributed by atoms with Crippen molar-refractivity contribution >= 4 is 17.3 Å². The quantitative estimate of drug-likeness (QED) is 0.842. The van der Waals surface area contributed by atoms with Gasteiger partial charge < -0.3 is 9.64 Å². The summed E-state index contributed by atoms with van der Waals surface area (Å²) in [6, 6.07) is 7.64. The Labute approximate surface area is 113 Å². The molecule has 0 aliphatic carbocycles.